The Hall–Kier alpha value is -3.61. The average Bonchev–Trinajstić information content (AvgIpc) is 3.06. The molecule has 0 bridgehead atoms. The molecule has 0 aliphatic heterocycles. The number of fused-ring (bicyclic) bond motifs is 1. The zero-order chi connectivity index (χ0) is 20.9. The van der Waals surface area contributed by atoms with E-state index in [1.807, 2.05) is 32.0 Å². The van der Waals surface area contributed by atoms with E-state index in [4.69, 9.17) is 4.42 Å². The Morgan fingerprint density at radius 1 is 1.00 bits per heavy atom. The Bertz CT molecular complexity index is 1380. The van der Waals surface area contributed by atoms with Crippen molar-refractivity contribution in [2.24, 2.45) is 14.1 Å². The predicted octanol–water partition coefficient (Wildman–Crippen LogP) is 4.00. The van der Waals surface area contributed by atoms with Crippen LogP contribution in [-0.2, 0) is 14.1 Å². The van der Waals surface area contributed by atoms with Crippen molar-refractivity contribution in [3.05, 3.63) is 80.2 Å². The summed E-state index contributed by atoms with van der Waals surface area (Å²) in [5, 5.41) is 3.33. The highest BCUT2D eigenvalue weighted by Gasteiger charge is 2.25. The van der Waals surface area contributed by atoms with Crippen LogP contribution in [0, 0.1) is 19.7 Å². The second-order valence-corrected chi connectivity index (χ2v) is 7.12. The van der Waals surface area contributed by atoms with Gasteiger partial charge in [0, 0.05) is 25.3 Å². The Morgan fingerprint density at radius 3 is 2.41 bits per heavy atom. The summed E-state index contributed by atoms with van der Waals surface area (Å²) < 4.78 is 22.8. The molecule has 6 nitrogen and oxygen atoms in total. The Labute approximate surface area is 165 Å². The summed E-state index contributed by atoms with van der Waals surface area (Å²) in [7, 11) is 2.90. The largest absolute Gasteiger partial charge is 0.423 e. The lowest BCUT2D eigenvalue weighted by Gasteiger charge is -2.10. The number of hydrogen-bond acceptors (Lipinski definition) is 4. The minimum atomic E-state index is -0.543. The third-order valence-corrected chi connectivity index (χ3v) is 5.06. The summed E-state index contributed by atoms with van der Waals surface area (Å²) in [6, 6.07) is 12.0. The van der Waals surface area contributed by atoms with E-state index in [9.17, 15) is 14.0 Å². The first-order valence-electron chi connectivity index (χ1n) is 9.11. The molecule has 7 heteroatoms. The number of nitrogens with one attached hydrogen (secondary N) is 1. The molecular weight excluding hydrogens is 373 g/mol. The van der Waals surface area contributed by atoms with Gasteiger partial charge < -0.3 is 9.73 Å². The lowest BCUT2D eigenvalue weighted by molar-refractivity contribution is 0.577. The minimum absolute atomic E-state index is 0.0867. The van der Waals surface area contributed by atoms with Crippen molar-refractivity contribution < 1.29 is 8.81 Å². The van der Waals surface area contributed by atoms with Crippen molar-refractivity contribution in [2.45, 2.75) is 13.8 Å². The normalized spacial score (nSPS) is 11.2. The summed E-state index contributed by atoms with van der Waals surface area (Å²) in [4.78, 5) is 25.3. The number of halogens is 1. The van der Waals surface area contributed by atoms with Crippen LogP contribution in [0.25, 0.3) is 22.2 Å². The number of benzene rings is 2. The number of aromatic nitrogens is 2. The van der Waals surface area contributed by atoms with Gasteiger partial charge in [0.1, 0.15) is 11.2 Å². The van der Waals surface area contributed by atoms with Crippen molar-refractivity contribution in [1.82, 2.24) is 9.13 Å². The molecule has 1 N–H and O–H groups in total. The third-order valence-electron chi connectivity index (χ3n) is 5.06. The smallest absolute Gasteiger partial charge is 0.333 e. The SMILES string of the molecule is Cc1ccc(Nc2oc3c(c2-c2ccccc2F)c(=O)n(C)c(=O)n3C)c(C)c1. The molecule has 0 atom stereocenters. The number of furan rings is 1. The maximum absolute atomic E-state index is 14.7. The molecule has 4 aromatic rings. The fraction of sp³-hybridized carbons (Fsp3) is 0.182. The van der Waals surface area contributed by atoms with Gasteiger partial charge in [0.15, 0.2) is 0 Å². The zero-order valence-electron chi connectivity index (χ0n) is 16.5. The van der Waals surface area contributed by atoms with Crippen LogP contribution >= 0.6 is 0 Å². The number of rotatable bonds is 3. The number of nitrogens with zero attached hydrogens (tertiary/aromatic N) is 2. The van der Waals surface area contributed by atoms with Gasteiger partial charge in [-0.3, -0.25) is 13.9 Å². The second-order valence-electron chi connectivity index (χ2n) is 7.12. The lowest BCUT2D eigenvalue weighted by Crippen LogP contribution is -2.36. The van der Waals surface area contributed by atoms with Gasteiger partial charge in [-0.2, -0.15) is 0 Å². The highest BCUT2D eigenvalue weighted by atomic mass is 19.1. The monoisotopic (exact) mass is 393 g/mol. The topological polar surface area (TPSA) is 69.2 Å². The van der Waals surface area contributed by atoms with Gasteiger partial charge in [0.05, 0.1) is 5.56 Å². The first kappa shape index (κ1) is 18.7. The van der Waals surface area contributed by atoms with Crippen LogP contribution in [0.1, 0.15) is 11.1 Å². The van der Waals surface area contributed by atoms with E-state index in [2.05, 4.69) is 5.32 Å². The fourth-order valence-corrected chi connectivity index (χ4v) is 3.51. The van der Waals surface area contributed by atoms with E-state index in [0.29, 0.717) is 0 Å². The molecule has 148 valence electrons. The highest BCUT2D eigenvalue weighted by Crippen LogP contribution is 2.39. The van der Waals surface area contributed by atoms with Crippen LogP contribution in [-0.4, -0.2) is 9.13 Å². The fourth-order valence-electron chi connectivity index (χ4n) is 3.51. The van der Waals surface area contributed by atoms with Crippen LogP contribution in [0.5, 0.6) is 0 Å². The van der Waals surface area contributed by atoms with Crippen LogP contribution in [0.3, 0.4) is 0 Å². The minimum Gasteiger partial charge on any atom is -0.423 e. The Balaban J connectivity index is 2.09. The Kier molecular flexibility index (Phi) is 4.38. The summed E-state index contributed by atoms with van der Waals surface area (Å²) in [5.41, 5.74) is 2.35. The third kappa shape index (κ3) is 2.95. The quantitative estimate of drug-likeness (QED) is 0.571. The van der Waals surface area contributed by atoms with Crippen LogP contribution < -0.4 is 16.6 Å². The summed E-state index contributed by atoms with van der Waals surface area (Å²) in [5.74, 6) is -0.287. The van der Waals surface area contributed by atoms with E-state index in [1.54, 1.807) is 18.2 Å². The first-order valence-corrected chi connectivity index (χ1v) is 9.11. The van der Waals surface area contributed by atoms with E-state index >= 15 is 0 Å². The van der Waals surface area contributed by atoms with Gasteiger partial charge in [-0.05, 0) is 31.5 Å². The molecule has 0 saturated carbocycles. The van der Waals surface area contributed by atoms with E-state index in [1.165, 1.54) is 24.7 Å². The molecule has 2 heterocycles. The maximum Gasteiger partial charge on any atom is 0.333 e. The summed E-state index contributed by atoms with van der Waals surface area (Å²) in [6.45, 7) is 3.93. The molecule has 0 radical (unpaired) electrons. The molecule has 0 fully saturated rings. The zero-order valence-corrected chi connectivity index (χ0v) is 16.5. The molecule has 0 amide bonds. The molecule has 4 rings (SSSR count). The Morgan fingerprint density at radius 2 is 1.72 bits per heavy atom. The summed E-state index contributed by atoms with van der Waals surface area (Å²) >= 11 is 0. The van der Waals surface area contributed by atoms with Crippen LogP contribution in [0.2, 0.25) is 0 Å². The van der Waals surface area contributed by atoms with Crippen molar-refractivity contribution in [2.75, 3.05) is 5.32 Å². The van der Waals surface area contributed by atoms with Crippen LogP contribution in [0.15, 0.2) is 56.5 Å². The molecule has 0 saturated heterocycles. The van der Waals surface area contributed by atoms with Gasteiger partial charge in [-0.15, -0.1) is 0 Å². The molecule has 0 unspecified atom stereocenters. The van der Waals surface area contributed by atoms with Gasteiger partial charge in [0.25, 0.3) is 5.56 Å². The summed E-state index contributed by atoms with van der Waals surface area (Å²) in [6.07, 6.45) is 0. The average molecular weight is 393 g/mol. The van der Waals surface area contributed by atoms with Gasteiger partial charge in [-0.1, -0.05) is 35.9 Å². The van der Waals surface area contributed by atoms with E-state index in [0.717, 1.165) is 21.4 Å². The molecule has 2 aromatic heterocycles. The molecule has 29 heavy (non-hydrogen) atoms. The molecule has 0 aliphatic carbocycles. The van der Waals surface area contributed by atoms with E-state index < -0.39 is 17.1 Å². The van der Waals surface area contributed by atoms with Crippen molar-refractivity contribution in [3.8, 4) is 11.1 Å². The second kappa shape index (κ2) is 6.77. The van der Waals surface area contributed by atoms with E-state index in [-0.39, 0.29) is 28.1 Å². The number of anilines is 2. The van der Waals surface area contributed by atoms with Crippen LogP contribution in [0.4, 0.5) is 16.0 Å². The molecular formula is C22H20FN3O3. The predicted molar refractivity (Wildman–Crippen MR) is 111 cm³/mol. The van der Waals surface area contributed by atoms with Crippen molar-refractivity contribution in [1.29, 1.82) is 0 Å². The maximum atomic E-state index is 14.7. The molecule has 0 aliphatic rings. The first-order chi connectivity index (χ1) is 13.8. The highest BCUT2D eigenvalue weighted by molar-refractivity contribution is 5.99. The van der Waals surface area contributed by atoms with Crippen molar-refractivity contribution >= 4 is 22.7 Å². The number of aryl methyl sites for hydroxylation is 3. The van der Waals surface area contributed by atoms with Gasteiger partial charge >= 0.3 is 5.69 Å². The standard InChI is InChI=1S/C22H20FN3O3/c1-12-9-10-16(13(2)11-12)24-19-17(14-7-5-6-8-15(14)23)18-20(27)25(3)22(28)26(4)21(18)29-19/h5-11,24H,1-4H3. The van der Waals surface area contributed by atoms with Gasteiger partial charge in [0.2, 0.25) is 11.6 Å². The van der Waals surface area contributed by atoms with Crippen molar-refractivity contribution in [3.63, 3.8) is 0 Å². The lowest BCUT2D eigenvalue weighted by atomic mass is 10.0. The molecule has 2 aromatic carbocycles. The number of hydrogen-bond donors (Lipinski definition) is 1. The molecule has 0 spiro atoms. The van der Waals surface area contributed by atoms with Gasteiger partial charge in [-0.25, -0.2) is 9.18 Å².